The molecule has 114 valence electrons. The van der Waals surface area contributed by atoms with Crippen LogP contribution < -0.4 is 9.47 Å². The summed E-state index contributed by atoms with van der Waals surface area (Å²) in [5.74, 6) is 1.20. The first-order valence-electron chi connectivity index (χ1n) is 7.28. The fourth-order valence-corrected chi connectivity index (χ4v) is 2.58. The molecule has 21 heavy (non-hydrogen) atoms. The lowest BCUT2D eigenvalue weighted by molar-refractivity contribution is -0.117. The zero-order chi connectivity index (χ0) is 15.2. The maximum Gasteiger partial charge on any atom is 0.161 e. The van der Waals surface area contributed by atoms with Gasteiger partial charge in [-0.3, -0.25) is 4.79 Å². The second-order valence-corrected chi connectivity index (χ2v) is 5.23. The van der Waals surface area contributed by atoms with Crippen molar-refractivity contribution in [1.29, 1.82) is 0 Å². The van der Waals surface area contributed by atoms with Gasteiger partial charge in [0.05, 0.1) is 20.3 Å². The van der Waals surface area contributed by atoms with Gasteiger partial charge in [0.2, 0.25) is 0 Å². The molecule has 0 spiro atoms. The molecular weight excluding hydrogens is 268 g/mol. The van der Waals surface area contributed by atoms with Crippen molar-refractivity contribution in [2.24, 2.45) is 0 Å². The van der Waals surface area contributed by atoms with Crippen LogP contribution in [0.3, 0.4) is 0 Å². The Labute approximate surface area is 125 Å². The second kappa shape index (κ2) is 7.27. The summed E-state index contributed by atoms with van der Waals surface area (Å²) in [5.41, 5.74) is 1.53. The predicted molar refractivity (Wildman–Crippen MR) is 80.7 cm³/mol. The third kappa shape index (κ3) is 3.85. The molecule has 4 heteroatoms. The highest BCUT2D eigenvalue weighted by molar-refractivity contribution is 5.95. The highest BCUT2D eigenvalue weighted by Crippen LogP contribution is 2.31. The Morgan fingerprint density at radius 2 is 2.00 bits per heavy atom. The number of hydrogen-bond donors (Lipinski definition) is 1. The molecule has 1 aromatic rings. The number of rotatable bonds is 6. The summed E-state index contributed by atoms with van der Waals surface area (Å²) in [5, 5.41) is 10.3. The molecule has 1 aromatic carbocycles. The molecule has 0 aliphatic heterocycles. The monoisotopic (exact) mass is 290 g/mol. The van der Waals surface area contributed by atoms with Gasteiger partial charge in [0.1, 0.15) is 0 Å². The van der Waals surface area contributed by atoms with Crippen LogP contribution in [0.25, 0.3) is 0 Å². The Hall–Kier alpha value is -1.81. The van der Waals surface area contributed by atoms with Crippen molar-refractivity contribution in [3.8, 4) is 11.5 Å². The van der Waals surface area contributed by atoms with E-state index in [0.29, 0.717) is 17.1 Å². The van der Waals surface area contributed by atoms with Gasteiger partial charge in [0, 0.05) is 6.42 Å². The van der Waals surface area contributed by atoms with E-state index in [-0.39, 0.29) is 12.2 Å². The van der Waals surface area contributed by atoms with Gasteiger partial charge < -0.3 is 14.6 Å². The smallest absolute Gasteiger partial charge is 0.161 e. The van der Waals surface area contributed by atoms with Crippen molar-refractivity contribution in [2.75, 3.05) is 14.2 Å². The molecule has 0 bridgehead atoms. The summed E-state index contributed by atoms with van der Waals surface area (Å²) >= 11 is 0. The number of benzene rings is 1. The van der Waals surface area contributed by atoms with E-state index >= 15 is 0 Å². The minimum Gasteiger partial charge on any atom is -0.493 e. The quantitative estimate of drug-likeness (QED) is 0.874. The molecule has 1 N–H and O–H groups in total. The fourth-order valence-electron chi connectivity index (χ4n) is 2.58. The lowest BCUT2D eigenvalue weighted by Crippen LogP contribution is -2.11. The summed E-state index contributed by atoms with van der Waals surface area (Å²) in [4.78, 5) is 12.2. The van der Waals surface area contributed by atoms with Crippen LogP contribution in [0.15, 0.2) is 29.8 Å². The van der Waals surface area contributed by atoms with Gasteiger partial charge in [-0.2, -0.15) is 0 Å². The summed E-state index contributed by atoms with van der Waals surface area (Å²) < 4.78 is 10.4. The van der Waals surface area contributed by atoms with Crippen LogP contribution in [-0.2, 0) is 4.79 Å². The Morgan fingerprint density at radius 3 is 2.62 bits per heavy atom. The van der Waals surface area contributed by atoms with Crippen molar-refractivity contribution >= 4 is 5.78 Å². The van der Waals surface area contributed by atoms with Crippen LogP contribution >= 0.6 is 0 Å². The molecule has 1 unspecified atom stereocenters. The normalized spacial score (nSPS) is 16.0. The Balaban J connectivity index is 2.07. The number of aliphatic hydroxyl groups excluding tert-OH is 1. The lowest BCUT2D eigenvalue weighted by atomic mass is 9.92. The van der Waals surface area contributed by atoms with Crippen molar-refractivity contribution in [3.05, 3.63) is 35.4 Å². The maximum absolute atomic E-state index is 12.2. The van der Waals surface area contributed by atoms with Crippen molar-refractivity contribution in [2.45, 2.75) is 38.2 Å². The minimum atomic E-state index is -0.819. The van der Waals surface area contributed by atoms with E-state index in [0.717, 1.165) is 31.3 Å². The number of aliphatic hydroxyl groups is 1. The van der Waals surface area contributed by atoms with Crippen LogP contribution in [0.4, 0.5) is 0 Å². The lowest BCUT2D eigenvalue weighted by Gasteiger charge is -2.16. The summed E-state index contributed by atoms with van der Waals surface area (Å²) in [6.07, 6.45) is 5.30. The van der Waals surface area contributed by atoms with Gasteiger partial charge in [0.25, 0.3) is 0 Å². The van der Waals surface area contributed by atoms with Crippen molar-refractivity contribution < 1.29 is 19.4 Å². The number of allylic oxidation sites excluding steroid dienone is 2. The van der Waals surface area contributed by atoms with E-state index in [1.807, 2.05) is 6.08 Å². The number of ether oxygens (including phenoxy) is 2. The Morgan fingerprint density at radius 1 is 1.24 bits per heavy atom. The number of methoxy groups -OCH3 is 2. The average Bonchev–Trinajstić information content (AvgIpc) is 2.54. The van der Waals surface area contributed by atoms with E-state index in [1.165, 1.54) is 0 Å². The van der Waals surface area contributed by atoms with E-state index in [2.05, 4.69) is 0 Å². The average molecular weight is 290 g/mol. The van der Waals surface area contributed by atoms with Gasteiger partial charge in [-0.25, -0.2) is 0 Å². The first-order chi connectivity index (χ1) is 10.2. The zero-order valence-electron chi connectivity index (χ0n) is 12.6. The summed E-state index contributed by atoms with van der Waals surface area (Å²) in [6, 6.07) is 5.21. The SMILES string of the molecule is COc1ccc(C(O)CC(=O)C2=CCCCC2)cc1OC. The number of carbonyl (C=O) groups excluding carboxylic acids is 1. The van der Waals surface area contributed by atoms with Crippen LogP contribution in [0.1, 0.15) is 43.8 Å². The van der Waals surface area contributed by atoms with Crippen molar-refractivity contribution in [1.82, 2.24) is 0 Å². The van der Waals surface area contributed by atoms with Crippen LogP contribution in [0, 0.1) is 0 Å². The molecule has 0 saturated carbocycles. The molecule has 1 aliphatic carbocycles. The molecule has 0 amide bonds. The van der Waals surface area contributed by atoms with Gasteiger partial charge in [-0.15, -0.1) is 0 Å². The molecular formula is C17H22O4. The summed E-state index contributed by atoms with van der Waals surface area (Å²) in [6.45, 7) is 0. The van der Waals surface area contributed by atoms with Gasteiger partial charge in [-0.1, -0.05) is 12.1 Å². The highest BCUT2D eigenvalue weighted by Gasteiger charge is 2.19. The molecule has 0 radical (unpaired) electrons. The fraction of sp³-hybridized carbons (Fsp3) is 0.471. The first-order valence-corrected chi connectivity index (χ1v) is 7.28. The summed E-state index contributed by atoms with van der Waals surface area (Å²) in [7, 11) is 3.11. The minimum absolute atomic E-state index is 0.0389. The largest absolute Gasteiger partial charge is 0.493 e. The molecule has 0 aromatic heterocycles. The van der Waals surface area contributed by atoms with E-state index in [4.69, 9.17) is 9.47 Å². The molecule has 4 nitrogen and oxygen atoms in total. The van der Waals surface area contributed by atoms with Crippen LogP contribution in [0.5, 0.6) is 11.5 Å². The predicted octanol–water partition coefficient (Wildman–Crippen LogP) is 3.20. The number of Topliss-reactive ketones (excluding diaryl/α,β-unsaturated/α-hetero) is 1. The molecule has 0 fully saturated rings. The number of hydrogen-bond acceptors (Lipinski definition) is 4. The Bertz CT molecular complexity index is 534. The number of carbonyl (C=O) groups is 1. The van der Waals surface area contributed by atoms with E-state index in [9.17, 15) is 9.90 Å². The third-order valence-electron chi connectivity index (χ3n) is 3.82. The first kappa shape index (κ1) is 15.6. The van der Waals surface area contributed by atoms with Crippen LogP contribution in [-0.4, -0.2) is 25.1 Å². The molecule has 0 saturated heterocycles. The Kier molecular flexibility index (Phi) is 5.39. The number of ketones is 1. The van der Waals surface area contributed by atoms with Crippen LogP contribution in [0.2, 0.25) is 0 Å². The van der Waals surface area contributed by atoms with Gasteiger partial charge in [0.15, 0.2) is 17.3 Å². The van der Waals surface area contributed by atoms with Gasteiger partial charge in [-0.05, 0) is 49.0 Å². The van der Waals surface area contributed by atoms with E-state index < -0.39 is 6.10 Å². The van der Waals surface area contributed by atoms with E-state index in [1.54, 1.807) is 32.4 Å². The topological polar surface area (TPSA) is 55.8 Å². The maximum atomic E-state index is 12.2. The van der Waals surface area contributed by atoms with Crippen molar-refractivity contribution in [3.63, 3.8) is 0 Å². The molecule has 0 heterocycles. The zero-order valence-corrected chi connectivity index (χ0v) is 12.6. The highest BCUT2D eigenvalue weighted by atomic mass is 16.5. The standard InChI is InChI=1S/C17H22O4/c1-20-16-9-8-13(10-17(16)21-2)15(19)11-14(18)12-6-4-3-5-7-12/h6,8-10,15,19H,3-5,7,11H2,1-2H3. The third-order valence-corrected chi connectivity index (χ3v) is 3.82. The second-order valence-electron chi connectivity index (χ2n) is 5.23. The molecule has 1 aliphatic rings. The van der Waals surface area contributed by atoms with Gasteiger partial charge >= 0.3 is 0 Å². The molecule has 2 rings (SSSR count). The molecule has 1 atom stereocenters.